The molecule has 0 spiro atoms. The molecule has 2 aromatic rings. The minimum absolute atomic E-state index is 0.154. The van der Waals surface area contributed by atoms with Gasteiger partial charge in [0.2, 0.25) is 15.8 Å². The van der Waals surface area contributed by atoms with Crippen LogP contribution < -0.4 is 4.90 Å². The predicted octanol–water partition coefficient (Wildman–Crippen LogP) is 1.17. The average molecular weight is 374 g/mol. The number of hydrogen-bond donors (Lipinski definition) is 0. The number of piperidine rings is 1. The van der Waals surface area contributed by atoms with E-state index < -0.39 is 22.3 Å². The molecule has 0 amide bonds. The summed E-state index contributed by atoms with van der Waals surface area (Å²) >= 11 is 0. The highest BCUT2D eigenvalue weighted by atomic mass is 32.2. The number of nitrogens with zero attached hydrogens (tertiary/aromatic N) is 6. The third kappa shape index (κ3) is 3.87. The third-order valence-corrected chi connectivity index (χ3v) is 5.67. The molecule has 1 unspecified atom stereocenters. The van der Waals surface area contributed by atoms with Crippen molar-refractivity contribution in [2.45, 2.75) is 19.3 Å². The number of fused-ring (bicyclic) bond motifs is 1. The molecule has 138 valence electrons. The number of halogens is 2. The lowest BCUT2D eigenvalue weighted by molar-refractivity contribution is 0.137. The molecule has 1 aliphatic heterocycles. The Balaban J connectivity index is 1.79. The van der Waals surface area contributed by atoms with E-state index in [1.807, 2.05) is 4.90 Å². The molecule has 0 saturated carbocycles. The van der Waals surface area contributed by atoms with E-state index in [1.54, 1.807) is 19.2 Å². The Morgan fingerprint density at radius 2 is 2.12 bits per heavy atom. The molecule has 0 aliphatic carbocycles. The summed E-state index contributed by atoms with van der Waals surface area (Å²) < 4.78 is 51.5. The first-order valence-electron chi connectivity index (χ1n) is 7.92. The Hall–Kier alpha value is -1.88. The number of rotatable bonds is 5. The number of sulfonamides is 1. The highest BCUT2D eigenvalue weighted by molar-refractivity contribution is 7.88. The second-order valence-electron chi connectivity index (χ2n) is 6.32. The van der Waals surface area contributed by atoms with Gasteiger partial charge in [-0.2, -0.15) is 4.52 Å². The van der Waals surface area contributed by atoms with E-state index in [0.29, 0.717) is 18.9 Å². The van der Waals surface area contributed by atoms with Crippen molar-refractivity contribution in [2.75, 3.05) is 37.8 Å². The molecule has 0 bridgehead atoms. The van der Waals surface area contributed by atoms with E-state index in [9.17, 15) is 17.2 Å². The fourth-order valence-electron chi connectivity index (χ4n) is 3.02. The molecule has 2 aromatic heterocycles. The normalized spacial score (nSPS) is 19.3. The van der Waals surface area contributed by atoms with Crippen molar-refractivity contribution < 1.29 is 17.2 Å². The van der Waals surface area contributed by atoms with Gasteiger partial charge in [0.05, 0.1) is 6.26 Å². The summed E-state index contributed by atoms with van der Waals surface area (Å²) in [5.74, 6) is 0.226. The molecule has 1 fully saturated rings. The Morgan fingerprint density at radius 3 is 2.80 bits per heavy atom. The Kier molecular flexibility index (Phi) is 4.87. The zero-order chi connectivity index (χ0) is 18.2. The maximum absolute atomic E-state index is 13.0. The predicted molar refractivity (Wildman–Crippen MR) is 88.1 cm³/mol. The lowest BCUT2D eigenvalue weighted by atomic mass is 9.98. The van der Waals surface area contributed by atoms with Crippen LogP contribution in [0.25, 0.3) is 5.65 Å². The molecule has 3 heterocycles. The molecule has 1 aliphatic rings. The monoisotopic (exact) mass is 374 g/mol. The molecule has 1 saturated heterocycles. The van der Waals surface area contributed by atoms with Gasteiger partial charge >= 0.3 is 0 Å². The van der Waals surface area contributed by atoms with E-state index >= 15 is 0 Å². The van der Waals surface area contributed by atoms with Gasteiger partial charge < -0.3 is 4.90 Å². The summed E-state index contributed by atoms with van der Waals surface area (Å²) in [6.07, 6.45) is 0.218. The number of anilines is 1. The quantitative estimate of drug-likeness (QED) is 0.781. The third-order valence-electron chi connectivity index (χ3n) is 4.39. The van der Waals surface area contributed by atoms with Crippen molar-refractivity contribution >= 4 is 21.5 Å². The first-order valence-corrected chi connectivity index (χ1v) is 9.77. The SMILES string of the molecule is CN(CC1CCCN(c2ccc3nnc(C(F)F)n3n2)C1)S(C)(=O)=O. The fraction of sp³-hybridized carbons (Fsp3) is 0.643. The summed E-state index contributed by atoms with van der Waals surface area (Å²) in [6, 6.07) is 3.33. The van der Waals surface area contributed by atoms with Crippen LogP contribution in [0.4, 0.5) is 14.6 Å². The van der Waals surface area contributed by atoms with Crippen LogP contribution in [0.1, 0.15) is 25.1 Å². The summed E-state index contributed by atoms with van der Waals surface area (Å²) in [5.41, 5.74) is 0.268. The van der Waals surface area contributed by atoms with Crippen LogP contribution >= 0.6 is 0 Å². The zero-order valence-electron chi connectivity index (χ0n) is 14.0. The van der Waals surface area contributed by atoms with Crippen LogP contribution in [-0.2, 0) is 10.0 Å². The molecule has 25 heavy (non-hydrogen) atoms. The van der Waals surface area contributed by atoms with Gasteiger partial charge in [0.25, 0.3) is 6.43 Å². The highest BCUT2D eigenvalue weighted by Gasteiger charge is 2.25. The van der Waals surface area contributed by atoms with Gasteiger partial charge in [-0.3, -0.25) is 0 Å². The lowest BCUT2D eigenvalue weighted by Crippen LogP contribution is -2.41. The first-order chi connectivity index (χ1) is 11.8. The smallest absolute Gasteiger partial charge is 0.299 e. The van der Waals surface area contributed by atoms with E-state index in [-0.39, 0.29) is 11.6 Å². The maximum atomic E-state index is 13.0. The summed E-state index contributed by atoms with van der Waals surface area (Å²) in [7, 11) is -1.67. The molecule has 1 atom stereocenters. The van der Waals surface area contributed by atoms with Crippen LogP contribution in [0.3, 0.4) is 0 Å². The van der Waals surface area contributed by atoms with Crippen LogP contribution in [-0.4, -0.2) is 65.5 Å². The number of hydrogen-bond acceptors (Lipinski definition) is 6. The largest absolute Gasteiger partial charge is 0.355 e. The van der Waals surface area contributed by atoms with E-state index in [0.717, 1.165) is 23.9 Å². The van der Waals surface area contributed by atoms with Crippen molar-refractivity contribution in [1.82, 2.24) is 24.1 Å². The topological polar surface area (TPSA) is 83.7 Å². The van der Waals surface area contributed by atoms with Gasteiger partial charge in [-0.1, -0.05) is 0 Å². The number of alkyl halides is 2. The van der Waals surface area contributed by atoms with Crippen LogP contribution in [0, 0.1) is 5.92 Å². The second kappa shape index (κ2) is 6.79. The van der Waals surface area contributed by atoms with Crippen LogP contribution in [0.15, 0.2) is 12.1 Å². The molecule has 0 aromatic carbocycles. The molecule has 0 radical (unpaired) electrons. The standard InChI is InChI=1S/C14H20F2N6O2S/c1-20(25(2,23)24)8-10-4-3-7-21(9-10)12-6-5-11-17-18-14(13(15)16)22(11)19-12/h5-6,10,13H,3-4,7-9H2,1-2H3. The van der Waals surface area contributed by atoms with Gasteiger partial charge in [0.1, 0.15) is 5.82 Å². The Bertz CT molecular complexity index is 856. The molecule has 8 nitrogen and oxygen atoms in total. The highest BCUT2D eigenvalue weighted by Crippen LogP contribution is 2.24. The van der Waals surface area contributed by atoms with E-state index in [4.69, 9.17) is 0 Å². The maximum Gasteiger partial charge on any atom is 0.299 e. The minimum Gasteiger partial charge on any atom is -0.355 e. The average Bonchev–Trinajstić information content (AvgIpc) is 2.97. The van der Waals surface area contributed by atoms with Crippen molar-refractivity contribution in [3.05, 3.63) is 18.0 Å². The zero-order valence-corrected chi connectivity index (χ0v) is 14.8. The molecule has 11 heteroatoms. The second-order valence-corrected chi connectivity index (χ2v) is 8.41. The Labute approximate surface area is 144 Å². The van der Waals surface area contributed by atoms with E-state index in [2.05, 4.69) is 15.3 Å². The van der Waals surface area contributed by atoms with Gasteiger partial charge in [-0.25, -0.2) is 21.5 Å². The van der Waals surface area contributed by atoms with Gasteiger partial charge in [0, 0.05) is 26.7 Å². The lowest BCUT2D eigenvalue weighted by Gasteiger charge is -2.34. The fourth-order valence-corrected chi connectivity index (χ4v) is 3.50. The summed E-state index contributed by atoms with van der Waals surface area (Å²) in [5, 5.41) is 11.4. The Morgan fingerprint density at radius 1 is 1.36 bits per heavy atom. The van der Waals surface area contributed by atoms with Crippen LogP contribution in [0.2, 0.25) is 0 Å². The van der Waals surface area contributed by atoms with E-state index in [1.165, 1.54) is 10.6 Å². The summed E-state index contributed by atoms with van der Waals surface area (Å²) in [6.45, 7) is 1.78. The van der Waals surface area contributed by atoms with Crippen molar-refractivity contribution in [3.63, 3.8) is 0 Å². The van der Waals surface area contributed by atoms with Crippen LogP contribution in [0.5, 0.6) is 0 Å². The van der Waals surface area contributed by atoms with Gasteiger partial charge in [-0.05, 0) is 30.9 Å². The van der Waals surface area contributed by atoms with Crippen molar-refractivity contribution in [2.24, 2.45) is 5.92 Å². The molecule has 0 N–H and O–H groups in total. The van der Waals surface area contributed by atoms with Gasteiger partial charge in [0.15, 0.2) is 5.65 Å². The molecule has 3 rings (SSSR count). The van der Waals surface area contributed by atoms with Crippen molar-refractivity contribution in [1.29, 1.82) is 0 Å². The first kappa shape index (κ1) is 17.9. The van der Waals surface area contributed by atoms with Crippen molar-refractivity contribution in [3.8, 4) is 0 Å². The molecular formula is C14H20F2N6O2S. The van der Waals surface area contributed by atoms with Gasteiger partial charge in [-0.15, -0.1) is 15.3 Å². The molecular weight excluding hydrogens is 354 g/mol. The summed E-state index contributed by atoms with van der Waals surface area (Å²) in [4.78, 5) is 1.99. The number of aromatic nitrogens is 4. The minimum atomic E-state index is -3.23.